The summed E-state index contributed by atoms with van der Waals surface area (Å²) in [5.74, 6) is 12.8. The fourth-order valence-electron chi connectivity index (χ4n) is 4.53. The number of unbranched alkanes of at least 4 members (excludes halogenated alkanes) is 16. The molecule has 0 heterocycles. The van der Waals surface area contributed by atoms with E-state index in [-0.39, 0.29) is 34.0 Å². The Balaban J connectivity index is -0.00000612. The highest BCUT2D eigenvalue weighted by atomic mass is 79.9. The Bertz CT molecular complexity index is 614. The van der Waals surface area contributed by atoms with Gasteiger partial charge in [-0.3, -0.25) is 4.79 Å². The molecule has 0 aromatic heterocycles. The first-order valence-corrected chi connectivity index (χ1v) is 15.6. The van der Waals surface area contributed by atoms with E-state index >= 15 is 0 Å². The van der Waals surface area contributed by atoms with Gasteiger partial charge in [-0.1, -0.05) is 116 Å². The molecular formula is C33H62Br2N2O. The summed E-state index contributed by atoms with van der Waals surface area (Å²) in [5.41, 5.74) is 0. The minimum atomic E-state index is 0. The van der Waals surface area contributed by atoms with Gasteiger partial charge in [-0.05, 0) is 51.1 Å². The summed E-state index contributed by atoms with van der Waals surface area (Å²) in [4.78, 5) is 16.9. The Hall–Kier alpha value is -0.490. The van der Waals surface area contributed by atoms with Crippen LogP contribution in [0, 0.1) is 23.7 Å². The molecule has 0 fully saturated rings. The Morgan fingerprint density at radius 2 is 0.947 bits per heavy atom. The van der Waals surface area contributed by atoms with Gasteiger partial charge in [0.15, 0.2) is 0 Å². The molecule has 0 unspecified atom stereocenters. The van der Waals surface area contributed by atoms with Gasteiger partial charge in [-0.25, -0.2) is 0 Å². The van der Waals surface area contributed by atoms with Crippen molar-refractivity contribution in [3.63, 3.8) is 0 Å². The van der Waals surface area contributed by atoms with Gasteiger partial charge >= 0.3 is 0 Å². The fourth-order valence-corrected chi connectivity index (χ4v) is 4.53. The molecule has 0 aliphatic rings. The van der Waals surface area contributed by atoms with Crippen molar-refractivity contribution in [1.82, 2.24) is 9.80 Å². The van der Waals surface area contributed by atoms with E-state index in [4.69, 9.17) is 0 Å². The highest BCUT2D eigenvalue weighted by Gasteiger charge is 2.12. The molecule has 0 aliphatic carbocycles. The van der Waals surface area contributed by atoms with E-state index in [9.17, 15) is 4.79 Å². The predicted octanol–water partition coefficient (Wildman–Crippen LogP) is 9.77. The van der Waals surface area contributed by atoms with Crippen LogP contribution in [0.25, 0.3) is 0 Å². The summed E-state index contributed by atoms with van der Waals surface area (Å²) in [6.07, 6.45) is 23.5. The predicted molar refractivity (Wildman–Crippen MR) is 180 cm³/mol. The zero-order valence-corrected chi connectivity index (χ0v) is 29.0. The summed E-state index contributed by atoms with van der Waals surface area (Å²) >= 11 is 0. The molecule has 3 nitrogen and oxygen atoms in total. The van der Waals surface area contributed by atoms with Crippen LogP contribution in [-0.2, 0) is 4.79 Å². The molecule has 5 heteroatoms. The van der Waals surface area contributed by atoms with Crippen LogP contribution in [0.3, 0.4) is 0 Å². The maximum atomic E-state index is 12.5. The van der Waals surface area contributed by atoms with Crippen LogP contribution < -0.4 is 0 Å². The quantitative estimate of drug-likeness (QED) is 0.0759. The van der Waals surface area contributed by atoms with Crippen molar-refractivity contribution in [3.8, 4) is 23.7 Å². The molecule has 0 aromatic rings. The van der Waals surface area contributed by atoms with E-state index in [1.54, 1.807) is 0 Å². The van der Waals surface area contributed by atoms with Crippen molar-refractivity contribution in [2.45, 2.75) is 150 Å². The van der Waals surface area contributed by atoms with Gasteiger partial charge in [0.25, 0.3) is 0 Å². The van der Waals surface area contributed by atoms with Gasteiger partial charge in [-0.2, -0.15) is 0 Å². The van der Waals surface area contributed by atoms with E-state index in [2.05, 4.69) is 56.3 Å². The Morgan fingerprint density at radius 3 is 1.37 bits per heavy atom. The third-order valence-corrected chi connectivity index (χ3v) is 7.15. The number of nitrogens with zero attached hydrogens (tertiary/aromatic N) is 2. The molecule has 0 N–H and O–H groups in total. The van der Waals surface area contributed by atoms with Crippen LogP contribution in [0.4, 0.5) is 0 Å². The molecule has 0 atom stereocenters. The molecule has 0 saturated carbocycles. The number of carbonyl (C=O) groups is 1. The molecule has 38 heavy (non-hydrogen) atoms. The molecule has 0 radical (unpaired) electrons. The van der Waals surface area contributed by atoms with Crippen molar-refractivity contribution in [1.29, 1.82) is 0 Å². The second kappa shape index (κ2) is 34.5. The first-order chi connectivity index (χ1) is 17.7. The van der Waals surface area contributed by atoms with Gasteiger partial charge in [0.2, 0.25) is 5.91 Å². The molecular weight excluding hydrogens is 600 g/mol. The standard InChI is InChI=1S/C33H60N2O.2BrH/c1-5-9-10-11-12-13-14-15-16-17-18-19-20-21-22-23-24-25-26-27-28-29-30-33(36)35(8-4)32-31-34(6-2)7-3;;/h5-18,23-32H2,1-4H3;2*1H. The maximum Gasteiger partial charge on any atom is 0.222 e. The van der Waals surface area contributed by atoms with E-state index in [0.717, 1.165) is 58.4 Å². The lowest BCUT2D eigenvalue weighted by atomic mass is 10.1. The van der Waals surface area contributed by atoms with Crippen molar-refractivity contribution in [3.05, 3.63) is 0 Å². The van der Waals surface area contributed by atoms with Crippen molar-refractivity contribution in [2.24, 2.45) is 0 Å². The molecule has 0 bridgehead atoms. The highest BCUT2D eigenvalue weighted by molar-refractivity contribution is 8.93. The average Bonchev–Trinajstić information content (AvgIpc) is 2.89. The number of likely N-dealkylation sites (N-methyl/N-ethyl adjacent to an activating group) is 2. The topological polar surface area (TPSA) is 23.6 Å². The molecule has 224 valence electrons. The monoisotopic (exact) mass is 660 g/mol. The Morgan fingerprint density at radius 1 is 0.526 bits per heavy atom. The van der Waals surface area contributed by atoms with Crippen LogP contribution >= 0.6 is 34.0 Å². The molecule has 0 saturated heterocycles. The zero-order valence-electron chi connectivity index (χ0n) is 25.6. The average molecular weight is 663 g/mol. The second-order valence-corrected chi connectivity index (χ2v) is 10.2. The number of hydrogen-bond acceptors (Lipinski definition) is 2. The first kappa shape index (κ1) is 42.0. The minimum Gasteiger partial charge on any atom is -0.342 e. The first-order valence-electron chi connectivity index (χ1n) is 15.6. The summed E-state index contributed by atoms with van der Waals surface area (Å²) in [7, 11) is 0. The van der Waals surface area contributed by atoms with Gasteiger partial charge in [0, 0.05) is 38.9 Å². The van der Waals surface area contributed by atoms with Crippen LogP contribution in [0.15, 0.2) is 0 Å². The van der Waals surface area contributed by atoms with Gasteiger partial charge in [-0.15, -0.1) is 34.0 Å². The second-order valence-electron chi connectivity index (χ2n) is 10.2. The lowest BCUT2D eigenvalue weighted by Gasteiger charge is -2.25. The number of carbonyl (C=O) groups excluding carboxylic acids is 1. The van der Waals surface area contributed by atoms with Crippen LogP contribution in [0.2, 0.25) is 0 Å². The third kappa shape index (κ3) is 28.5. The smallest absolute Gasteiger partial charge is 0.222 e. The maximum absolute atomic E-state index is 12.5. The SMILES string of the molecule is Br.Br.CCCCCCCCCCCCC#CC#CCCCCCCCCC(=O)N(CC)CCN(CC)CC. The summed E-state index contributed by atoms with van der Waals surface area (Å²) in [6.45, 7) is 13.5. The molecule has 0 aromatic carbocycles. The van der Waals surface area contributed by atoms with E-state index in [0.29, 0.717) is 12.3 Å². The molecule has 0 rings (SSSR count). The van der Waals surface area contributed by atoms with E-state index in [1.807, 2.05) is 4.90 Å². The Labute approximate surface area is 259 Å². The van der Waals surface area contributed by atoms with Crippen molar-refractivity contribution in [2.75, 3.05) is 32.7 Å². The van der Waals surface area contributed by atoms with Gasteiger partial charge < -0.3 is 9.80 Å². The number of halogens is 2. The van der Waals surface area contributed by atoms with Crippen LogP contribution in [-0.4, -0.2) is 48.4 Å². The van der Waals surface area contributed by atoms with Gasteiger partial charge in [0.05, 0.1) is 0 Å². The molecule has 1 amide bonds. The van der Waals surface area contributed by atoms with E-state index < -0.39 is 0 Å². The number of amides is 1. The van der Waals surface area contributed by atoms with Gasteiger partial charge in [0.1, 0.15) is 0 Å². The third-order valence-electron chi connectivity index (χ3n) is 7.15. The lowest BCUT2D eigenvalue weighted by molar-refractivity contribution is -0.131. The lowest BCUT2D eigenvalue weighted by Crippen LogP contribution is -2.38. The van der Waals surface area contributed by atoms with Crippen LogP contribution in [0.5, 0.6) is 0 Å². The Kier molecular flexibility index (Phi) is 38.2. The van der Waals surface area contributed by atoms with Crippen molar-refractivity contribution < 1.29 is 4.79 Å². The normalized spacial score (nSPS) is 10.0. The summed E-state index contributed by atoms with van der Waals surface area (Å²) in [6, 6.07) is 0. The summed E-state index contributed by atoms with van der Waals surface area (Å²) < 4.78 is 0. The van der Waals surface area contributed by atoms with Crippen molar-refractivity contribution >= 4 is 39.9 Å². The zero-order chi connectivity index (χ0) is 26.5. The van der Waals surface area contributed by atoms with Crippen LogP contribution in [0.1, 0.15) is 150 Å². The fraction of sp³-hybridized carbons (Fsp3) is 0.848. The molecule has 0 spiro atoms. The highest BCUT2D eigenvalue weighted by Crippen LogP contribution is 2.11. The van der Waals surface area contributed by atoms with E-state index in [1.165, 1.54) is 89.9 Å². The number of rotatable bonds is 24. The minimum absolute atomic E-state index is 0. The molecule has 0 aliphatic heterocycles. The largest absolute Gasteiger partial charge is 0.342 e. The number of hydrogen-bond donors (Lipinski definition) is 0. The summed E-state index contributed by atoms with van der Waals surface area (Å²) in [5, 5.41) is 0.